The summed E-state index contributed by atoms with van der Waals surface area (Å²) in [4.78, 5) is 36.8. The summed E-state index contributed by atoms with van der Waals surface area (Å²) in [5.74, 6) is -1.20. The number of benzene rings is 3. The van der Waals surface area contributed by atoms with Crippen molar-refractivity contribution in [2.24, 2.45) is 5.73 Å². The number of nitrogens with one attached hydrogen (secondary N) is 2. The fourth-order valence-electron chi connectivity index (χ4n) is 4.26. The third-order valence-corrected chi connectivity index (χ3v) is 6.04. The van der Waals surface area contributed by atoms with Crippen molar-refractivity contribution in [2.45, 2.75) is 31.4 Å². The molecule has 5 N–H and O–H groups in total. The van der Waals surface area contributed by atoms with Gasteiger partial charge in [0, 0.05) is 18.0 Å². The van der Waals surface area contributed by atoms with Gasteiger partial charge >= 0.3 is 6.09 Å². The molecular weight excluding hydrogens is 446 g/mol. The first-order chi connectivity index (χ1) is 17.0. The molecule has 4 rings (SSSR count). The topological polar surface area (TPSA) is 131 Å². The third kappa shape index (κ3) is 5.67. The number of fused-ring (bicyclic) bond motifs is 3. The molecule has 0 heterocycles. The molecule has 3 aromatic rings. The number of nitrogens with two attached hydrogens (primary N) is 1. The van der Waals surface area contributed by atoms with Gasteiger partial charge in [0.1, 0.15) is 12.6 Å². The standard InChI is InChI=1S/C27H27N3O5/c28-25(32)14-13-24(26(33)29-18-11-9-17(15-31)10-12-18)30-27(34)35-16-23-21-7-3-1-5-19(21)20-6-2-4-8-22(20)23/h1-12,23-24,31H,13-16H2,(H2,28,32)(H,29,33)(H,30,34)/t24-/m0/s1. The van der Waals surface area contributed by atoms with Gasteiger partial charge in [0.05, 0.1) is 6.61 Å². The highest BCUT2D eigenvalue weighted by molar-refractivity contribution is 5.96. The van der Waals surface area contributed by atoms with Gasteiger partial charge in [-0.2, -0.15) is 0 Å². The van der Waals surface area contributed by atoms with Crippen molar-refractivity contribution < 1.29 is 24.2 Å². The number of amides is 3. The van der Waals surface area contributed by atoms with E-state index in [2.05, 4.69) is 10.6 Å². The third-order valence-electron chi connectivity index (χ3n) is 6.04. The number of primary amides is 1. The van der Waals surface area contributed by atoms with E-state index in [1.54, 1.807) is 24.3 Å². The van der Waals surface area contributed by atoms with E-state index < -0.39 is 23.9 Å². The van der Waals surface area contributed by atoms with Crippen molar-refractivity contribution in [1.29, 1.82) is 0 Å². The lowest BCUT2D eigenvalue weighted by atomic mass is 9.98. The number of carbonyl (C=O) groups excluding carboxylic acids is 3. The lowest BCUT2D eigenvalue weighted by Gasteiger charge is -2.19. The van der Waals surface area contributed by atoms with Crippen molar-refractivity contribution in [3.8, 4) is 11.1 Å². The summed E-state index contributed by atoms with van der Waals surface area (Å²) in [5.41, 5.74) is 10.8. The number of hydrogen-bond acceptors (Lipinski definition) is 5. The van der Waals surface area contributed by atoms with E-state index in [4.69, 9.17) is 15.6 Å². The first-order valence-electron chi connectivity index (χ1n) is 11.4. The van der Waals surface area contributed by atoms with Gasteiger partial charge < -0.3 is 26.2 Å². The van der Waals surface area contributed by atoms with Crippen LogP contribution in [0, 0.1) is 0 Å². The lowest BCUT2D eigenvalue weighted by molar-refractivity contribution is -0.119. The van der Waals surface area contributed by atoms with Crippen LogP contribution < -0.4 is 16.4 Å². The van der Waals surface area contributed by atoms with Crippen molar-refractivity contribution in [2.75, 3.05) is 11.9 Å². The van der Waals surface area contributed by atoms with Crippen LogP contribution in [0.25, 0.3) is 11.1 Å². The molecular formula is C27H27N3O5. The van der Waals surface area contributed by atoms with E-state index in [1.165, 1.54) is 0 Å². The van der Waals surface area contributed by atoms with Crippen LogP contribution >= 0.6 is 0 Å². The smallest absolute Gasteiger partial charge is 0.407 e. The van der Waals surface area contributed by atoms with Gasteiger partial charge in [-0.1, -0.05) is 60.7 Å². The zero-order valence-electron chi connectivity index (χ0n) is 19.1. The van der Waals surface area contributed by atoms with Gasteiger partial charge in [0.15, 0.2) is 0 Å². The maximum atomic E-state index is 12.8. The van der Waals surface area contributed by atoms with Crippen LogP contribution in [-0.2, 0) is 20.9 Å². The molecule has 0 bridgehead atoms. The van der Waals surface area contributed by atoms with E-state index in [1.807, 2.05) is 48.5 Å². The predicted octanol–water partition coefficient (Wildman–Crippen LogP) is 3.29. The molecule has 1 atom stereocenters. The SMILES string of the molecule is NC(=O)CC[C@H](NC(=O)OCC1c2ccccc2-c2ccccc21)C(=O)Nc1ccc(CO)cc1. The van der Waals surface area contributed by atoms with Gasteiger partial charge in [-0.3, -0.25) is 9.59 Å². The van der Waals surface area contributed by atoms with E-state index >= 15 is 0 Å². The lowest BCUT2D eigenvalue weighted by Crippen LogP contribution is -2.44. The summed E-state index contributed by atoms with van der Waals surface area (Å²) in [6.07, 6.45) is -0.808. The number of anilines is 1. The average Bonchev–Trinajstić information content (AvgIpc) is 3.19. The van der Waals surface area contributed by atoms with Crippen molar-refractivity contribution >= 4 is 23.6 Å². The highest BCUT2D eigenvalue weighted by Gasteiger charge is 2.30. The van der Waals surface area contributed by atoms with E-state index in [0.29, 0.717) is 11.3 Å². The van der Waals surface area contributed by atoms with E-state index in [-0.39, 0.29) is 32.0 Å². The summed E-state index contributed by atoms with van der Waals surface area (Å²) >= 11 is 0. The maximum Gasteiger partial charge on any atom is 0.407 e. The molecule has 0 unspecified atom stereocenters. The molecule has 0 aromatic heterocycles. The summed E-state index contributed by atoms with van der Waals surface area (Å²) in [7, 11) is 0. The van der Waals surface area contributed by atoms with Crippen LogP contribution in [0.1, 0.15) is 35.4 Å². The number of alkyl carbamates (subject to hydrolysis) is 1. The molecule has 1 aliphatic rings. The predicted molar refractivity (Wildman–Crippen MR) is 131 cm³/mol. The molecule has 0 radical (unpaired) electrons. The van der Waals surface area contributed by atoms with Crippen molar-refractivity contribution in [3.05, 3.63) is 89.5 Å². The van der Waals surface area contributed by atoms with E-state index in [9.17, 15) is 14.4 Å². The largest absolute Gasteiger partial charge is 0.449 e. The second-order valence-corrected chi connectivity index (χ2v) is 8.37. The molecule has 8 heteroatoms. The van der Waals surface area contributed by atoms with Gasteiger partial charge in [0.25, 0.3) is 0 Å². The fraction of sp³-hybridized carbons (Fsp3) is 0.222. The summed E-state index contributed by atoms with van der Waals surface area (Å²) in [6, 6.07) is 21.6. The number of carbonyl (C=O) groups is 3. The molecule has 8 nitrogen and oxygen atoms in total. The highest BCUT2D eigenvalue weighted by atomic mass is 16.5. The first kappa shape index (κ1) is 24.0. The number of rotatable bonds is 9. The number of ether oxygens (including phenoxy) is 1. The van der Waals surface area contributed by atoms with E-state index in [0.717, 1.165) is 22.3 Å². The molecule has 35 heavy (non-hydrogen) atoms. The molecule has 180 valence electrons. The Hall–Kier alpha value is -4.17. The Balaban J connectivity index is 1.41. The monoisotopic (exact) mass is 473 g/mol. The van der Waals surface area contributed by atoms with Crippen LogP contribution in [0.4, 0.5) is 10.5 Å². The first-order valence-corrected chi connectivity index (χ1v) is 11.4. The minimum Gasteiger partial charge on any atom is -0.449 e. The summed E-state index contributed by atoms with van der Waals surface area (Å²) < 4.78 is 5.53. The minimum atomic E-state index is -1.02. The Morgan fingerprint density at radius 3 is 2.09 bits per heavy atom. The molecule has 0 fully saturated rings. The van der Waals surface area contributed by atoms with Gasteiger partial charge in [-0.25, -0.2) is 4.79 Å². The molecule has 1 aliphatic carbocycles. The van der Waals surface area contributed by atoms with Gasteiger partial charge in [-0.15, -0.1) is 0 Å². The fourth-order valence-corrected chi connectivity index (χ4v) is 4.26. The summed E-state index contributed by atoms with van der Waals surface area (Å²) in [6.45, 7) is -0.00849. The second kappa shape index (κ2) is 10.8. The van der Waals surface area contributed by atoms with Gasteiger partial charge in [-0.05, 0) is 46.4 Å². The molecule has 3 amide bonds. The molecule has 0 saturated heterocycles. The molecule has 0 spiro atoms. The average molecular weight is 474 g/mol. The Labute approximate surface area is 203 Å². The molecule has 0 aliphatic heterocycles. The normalized spacial score (nSPS) is 12.8. The summed E-state index contributed by atoms with van der Waals surface area (Å²) in [5, 5.41) is 14.4. The second-order valence-electron chi connectivity index (χ2n) is 8.37. The van der Waals surface area contributed by atoms with Crippen molar-refractivity contribution in [1.82, 2.24) is 5.32 Å². The Bertz CT molecular complexity index is 1180. The molecule has 3 aromatic carbocycles. The van der Waals surface area contributed by atoms with Crippen LogP contribution in [0.3, 0.4) is 0 Å². The van der Waals surface area contributed by atoms with Crippen LogP contribution in [0.15, 0.2) is 72.8 Å². The van der Waals surface area contributed by atoms with Crippen LogP contribution in [-0.4, -0.2) is 35.7 Å². The highest BCUT2D eigenvalue weighted by Crippen LogP contribution is 2.44. The number of hydrogen-bond donors (Lipinski definition) is 4. The number of aliphatic hydroxyl groups is 1. The maximum absolute atomic E-state index is 12.8. The van der Waals surface area contributed by atoms with Gasteiger partial charge in [0.2, 0.25) is 11.8 Å². The zero-order valence-corrected chi connectivity index (χ0v) is 19.1. The van der Waals surface area contributed by atoms with Crippen LogP contribution in [0.5, 0.6) is 0 Å². The Morgan fingerprint density at radius 2 is 1.51 bits per heavy atom. The minimum absolute atomic E-state index is 0.0279. The van der Waals surface area contributed by atoms with Crippen LogP contribution in [0.2, 0.25) is 0 Å². The quantitative estimate of drug-likeness (QED) is 0.379. The Morgan fingerprint density at radius 1 is 0.914 bits per heavy atom. The van der Waals surface area contributed by atoms with Crippen molar-refractivity contribution in [3.63, 3.8) is 0 Å². The Kier molecular flexibility index (Phi) is 7.42. The number of aliphatic hydroxyl groups excluding tert-OH is 1. The molecule has 0 saturated carbocycles. The zero-order chi connectivity index (χ0) is 24.8.